The second-order valence-electron chi connectivity index (χ2n) is 8.20. The van der Waals surface area contributed by atoms with Gasteiger partial charge in [0.2, 0.25) is 5.17 Å². The first-order valence-electron chi connectivity index (χ1n) is 11.5. The standard InChI is InChI=1S/C27H25N5O3S/c1-4-34-22-12-10-20(11-13-22)31-17(2)14-19(18(31)3)15-23-25(28)32-27(29-26(23)33)36-24(30-32)16-35-21-8-6-5-7-9-21/h5-15,28H,4,16H2,1-3H3/b23-15+,28-25?. The molecule has 36 heavy (non-hydrogen) atoms. The molecule has 0 saturated heterocycles. The Labute approximate surface area is 213 Å². The number of hydrogen-bond donors (Lipinski definition) is 1. The van der Waals surface area contributed by atoms with E-state index in [2.05, 4.69) is 14.7 Å². The average Bonchev–Trinajstić information content (AvgIpc) is 3.41. The van der Waals surface area contributed by atoms with Gasteiger partial charge in [0, 0.05) is 17.1 Å². The van der Waals surface area contributed by atoms with Gasteiger partial charge in [-0.3, -0.25) is 10.2 Å². The molecule has 2 aliphatic rings. The first-order chi connectivity index (χ1) is 17.4. The minimum Gasteiger partial charge on any atom is -0.494 e. The highest BCUT2D eigenvalue weighted by molar-refractivity contribution is 8.27. The number of carbonyl (C=O) groups excluding carboxylic acids is 1. The Morgan fingerprint density at radius 3 is 2.47 bits per heavy atom. The highest BCUT2D eigenvalue weighted by atomic mass is 32.2. The molecular weight excluding hydrogens is 474 g/mol. The van der Waals surface area contributed by atoms with Crippen molar-refractivity contribution in [3.05, 3.63) is 83.2 Å². The fourth-order valence-corrected chi connectivity index (χ4v) is 4.89. The molecule has 1 amide bonds. The number of amidine groups is 2. The number of amides is 1. The Hall–Kier alpha value is -4.11. The fraction of sp³-hybridized carbons (Fsp3) is 0.185. The Kier molecular flexibility index (Phi) is 6.47. The van der Waals surface area contributed by atoms with Crippen molar-refractivity contribution in [1.29, 1.82) is 5.41 Å². The normalized spacial score (nSPS) is 16.2. The molecule has 1 aromatic heterocycles. The molecule has 0 bridgehead atoms. The van der Waals surface area contributed by atoms with Crippen LogP contribution in [0.5, 0.6) is 11.5 Å². The van der Waals surface area contributed by atoms with Crippen molar-refractivity contribution in [3.63, 3.8) is 0 Å². The zero-order chi connectivity index (χ0) is 25.2. The Morgan fingerprint density at radius 2 is 1.75 bits per heavy atom. The number of benzene rings is 2. The highest BCUT2D eigenvalue weighted by Gasteiger charge is 2.36. The predicted octanol–water partition coefficient (Wildman–Crippen LogP) is 5.19. The Morgan fingerprint density at radius 1 is 1.03 bits per heavy atom. The molecule has 0 atom stereocenters. The SMILES string of the molecule is CCOc1ccc(-n2c(C)cc(/C=C3\C(=N)N4N=C(COc5ccccc5)SC4=NC3=O)c2C)cc1. The predicted molar refractivity (Wildman–Crippen MR) is 143 cm³/mol. The molecule has 0 fully saturated rings. The third-order valence-electron chi connectivity index (χ3n) is 5.78. The maximum atomic E-state index is 12.9. The molecule has 1 N–H and O–H groups in total. The van der Waals surface area contributed by atoms with Crippen molar-refractivity contribution in [2.45, 2.75) is 20.8 Å². The maximum absolute atomic E-state index is 12.9. The molecule has 0 radical (unpaired) electrons. The number of hydrazone groups is 1. The van der Waals surface area contributed by atoms with Crippen molar-refractivity contribution < 1.29 is 14.3 Å². The van der Waals surface area contributed by atoms with Crippen LogP contribution in [0.25, 0.3) is 11.8 Å². The quantitative estimate of drug-likeness (QED) is 0.452. The molecule has 0 saturated carbocycles. The number of thioether (sulfide) groups is 1. The number of nitrogens with zero attached hydrogens (tertiary/aromatic N) is 4. The lowest BCUT2D eigenvalue weighted by atomic mass is 10.1. The van der Waals surface area contributed by atoms with Gasteiger partial charge in [-0.2, -0.15) is 15.1 Å². The lowest BCUT2D eigenvalue weighted by Crippen LogP contribution is -2.35. The van der Waals surface area contributed by atoms with E-state index in [1.807, 2.05) is 81.4 Å². The van der Waals surface area contributed by atoms with Crippen LogP contribution < -0.4 is 9.47 Å². The van der Waals surface area contributed by atoms with E-state index in [0.717, 1.165) is 34.1 Å². The number of aryl methyl sites for hydroxylation is 1. The maximum Gasteiger partial charge on any atom is 0.283 e. The van der Waals surface area contributed by atoms with Crippen molar-refractivity contribution >= 4 is 39.8 Å². The van der Waals surface area contributed by atoms with Crippen LogP contribution >= 0.6 is 11.8 Å². The molecule has 2 aliphatic heterocycles. The smallest absolute Gasteiger partial charge is 0.283 e. The Bertz CT molecular complexity index is 1420. The minimum atomic E-state index is -0.454. The molecule has 182 valence electrons. The topological polar surface area (TPSA) is 92.3 Å². The second-order valence-corrected chi connectivity index (χ2v) is 9.24. The van der Waals surface area contributed by atoms with Crippen LogP contribution in [0.1, 0.15) is 23.9 Å². The van der Waals surface area contributed by atoms with Gasteiger partial charge in [0.25, 0.3) is 5.91 Å². The number of carbonyl (C=O) groups is 1. The molecule has 2 aromatic carbocycles. The summed E-state index contributed by atoms with van der Waals surface area (Å²) in [6.07, 6.45) is 1.72. The van der Waals surface area contributed by atoms with Crippen LogP contribution in [0.4, 0.5) is 0 Å². The van der Waals surface area contributed by atoms with Crippen LogP contribution in [0.15, 0.2) is 76.3 Å². The van der Waals surface area contributed by atoms with Crippen molar-refractivity contribution in [2.24, 2.45) is 10.1 Å². The summed E-state index contributed by atoms with van der Waals surface area (Å²) in [6, 6.07) is 19.3. The van der Waals surface area contributed by atoms with Gasteiger partial charge in [0.05, 0.1) is 12.2 Å². The van der Waals surface area contributed by atoms with Crippen molar-refractivity contribution in [3.8, 4) is 17.2 Å². The molecule has 3 heterocycles. The summed E-state index contributed by atoms with van der Waals surface area (Å²) in [7, 11) is 0. The molecule has 0 unspecified atom stereocenters. The number of aliphatic imine (C=N–C) groups is 1. The molecule has 5 rings (SSSR count). The second kappa shape index (κ2) is 9.87. The first-order valence-corrected chi connectivity index (χ1v) is 12.4. The monoisotopic (exact) mass is 499 g/mol. The van der Waals surface area contributed by atoms with Gasteiger partial charge < -0.3 is 14.0 Å². The summed E-state index contributed by atoms with van der Waals surface area (Å²) in [5.74, 6) is 1.09. The van der Waals surface area contributed by atoms with E-state index in [0.29, 0.717) is 16.8 Å². The van der Waals surface area contributed by atoms with Gasteiger partial charge in [-0.05, 0) is 86.6 Å². The van der Waals surface area contributed by atoms with Crippen LogP contribution in [-0.2, 0) is 4.79 Å². The van der Waals surface area contributed by atoms with Crippen LogP contribution in [0.3, 0.4) is 0 Å². The van der Waals surface area contributed by atoms with E-state index < -0.39 is 5.91 Å². The van der Waals surface area contributed by atoms with E-state index in [1.54, 1.807) is 6.08 Å². The lowest BCUT2D eigenvalue weighted by molar-refractivity contribution is -0.114. The summed E-state index contributed by atoms with van der Waals surface area (Å²) >= 11 is 1.24. The fourth-order valence-electron chi connectivity index (χ4n) is 4.10. The molecular formula is C27H25N5O3S. The number of nitrogens with one attached hydrogen (secondary N) is 1. The molecule has 9 heteroatoms. The summed E-state index contributed by atoms with van der Waals surface area (Å²) in [5, 5.41) is 15.5. The van der Waals surface area contributed by atoms with Gasteiger partial charge in [-0.25, -0.2) is 0 Å². The largest absolute Gasteiger partial charge is 0.494 e. The summed E-state index contributed by atoms with van der Waals surface area (Å²) in [6.45, 7) is 6.80. The average molecular weight is 500 g/mol. The van der Waals surface area contributed by atoms with Crippen LogP contribution in [0.2, 0.25) is 0 Å². The Balaban J connectivity index is 1.38. The van der Waals surface area contributed by atoms with E-state index in [-0.39, 0.29) is 18.0 Å². The van der Waals surface area contributed by atoms with Gasteiger partial charge in [-0.1, -0.05) is 18.2 Å². The van der Waals surface area contributed by atoms with E-state index >= 15 is 0 Å². The molecule has 0 spiro atoms. The number of fused-ring (bicyclic) bond motifs is 1. The third kappa shape index (κ3) is 4.57. The third-order valence-corrected chi connectivity index (χ3v) is 6.66. The van der Waals surface area contributed by atoms with Crippen LogP contribution in [-0.4, -0.2) is 44.7 Å². The zero-order valence-electron chi connectivity index (χ0n) is 20.2. The summed E-state index contributed by atoms with van der Waals surface area (Å²) in [4.78, 5) is 17.1. The van der Waals surface area contributed by atoms with Gasteiger partial charge in [0.15, 0.2) is 5.84 Å². The highest BCUT2D eigenvalue weighted by Crippen LogP contribution is 2.30. The van der Waals surface area contributed by atoms with Crippen LogP contribution in [0, 0.1) is 19.3 Å². The number of rotatable bonds is 7. The molecule has 0 aliphatic carbocycles. The first kappa shape index (κ1) is 23.6. The van der Waals surface area contributed by atoms with E-state index in [9.17, 15) is 4.79 Å². The number of aromatic nitrogens is 1. The minimum absolute atomic E-state index is 0.00178. The number of hydrogen-bond acceptors (Lipinski definition) is 6. The van der Waals surface area contributed by atoms with Crippen molar-refractivity contribution in [1.82, 2.24) is 9.58 Å². The van der Waals surface area contributed by atoms with Gasteiger partial charge >= 0.3 is 0 Å². The molecule has 8 nitrogen and oxygen atoms in total. The van der Waals surface area contributed by atoms with E-state index in [4.69, 9.17) is 14.9 Å². The van der Waals surface area contributed by atoms with Crippen molar-refractivity contribution in [2.75, 3.05) is 13.2 Å². The lowest BCUT2D eigenvalue weighted by Gasteiger charge is -2.20. The van der Waals surface area contributed by atoms with E-state index in [1.165, 1.54) is 16.8 Å². The van der Waals surface area contributed by atoms with Gasteiger partial charge in [-0.15, -0.1) is 0 Å². The molecule has 3 aromatic rings. The van der Waals surface area contributed by atoms with Gasteiger partial charge in [0.1, 0.15) is 23.1 Å². The summed E-state index contributed by atoms with van der Waals surface area (Å²) in [5.41, 5.74) is 4.00. The number of ether oxygens (including phenoxy) is 2. The summed E-state index contributed by atoms with van der Waals surface area (Å²) < 4.78 is 13.4. The number of para-hydroxylation sites is 1. The zero-order valence-corrected chi connectivity index (χ0v) is 21.0.